The van der Waals surface area contributed by atoms with Crippen LogP contribution in [0.25, 0.3) is 0 Å². The Morgan fingerprint density at radius 1 is 1.33 bits per heavy atom. The van der Waals surface area contributed by atoms with Gasteiger partial charge in [0, 0.05) is 12.8 Å². The van der Waals surface area contributed by atoms with E-state index in [0.717, 1.165) is 6.42 Å². The van der Waals surface area contributed by atoms with E-state index in [1.165, 1.54) is 13.0 Å². The Labute approximate surface area is 127 Å². The van der Waals surface area contributed by atoms with Gasteiger partial charge in [0.25, 0.3) is 0 Å². The molecule has 3 unspecified atom stereocenters. The molecule has 0 spiro atoms. The number of Topliss-reactive ketones (excluding diaryl/α,β-unsaturated/α-hetero) is 1. The summed E-state index contributed by atoms with van der Waals surface area (Å²) in [4.78, 5) is 22.7. The number of carbonyl (C=O) groups is 2. The molecule has 0 aromatic rings. The molecule has 0 saturated carbocycles. The summed E-state index contributed by atoms with van der Waals surface area (Å²) in [5.74, 6) is -1.06. The fourth-order valence-electron chi connectivity index (χ4n) is 1.91. The monoisotopic (exact) mass is 300 g/mol. The van der Waals surface area contributed by atoms with E-state index in [2.05, 4.69) is 0 Å². The van der Waals surface area contributed by atoms with Crippen LogP contribution in [0.5, 0.6) is 0 Å². The highest BCUT2D eigenvalue weighted by atomic mass is 16.5. The van der Waals surface area contributed by atoms with Gasteiger partial charge in [-0.1, -0.05) is 27.2 Å². The molecular weight excluding hydrogens is 272 g/mol. The molecule has 21 heavy (non-hydrogen) atoms. The van der Waals surface area contributed by atoms with E-state index in [-0.39, 0.29) is 24.7 Å². The summed E-state index contributed by atoms with van der Waals surface area (Å²) in [5.41, 5.74) is -0.969. The molecule has 0 saturated heterocycles. The van der Waals surface area contributed by atoms with Crippen LogP contribution in [0.2, 0.25) is 0 Å². The average Bonchev–Trinajstić information content (AvgIpc) is 2.44. The lowest BCUT2D eigenvalue weighted by Crippen LogP contribution is -2.38. The minimum absolute atomic E-state index is 0.0306. The fraction of sp³-hybridized carbons (Fsp3) is 0.750. The Morgan fingerprint density at radius 3 is 2.33 bits per heavy atom. The van der Waals surface area contributed by atoms with E-state index in [1.54, 1.807) is 13.8 Å². The van der Waals surface area contributed by atoms with E-state index < -0.39 is 17.7 Å². The SMILES string of the molecule is CCC(=O)CCOC(C)(/C=C(\C)C(O)C(C)CC)C(=O)O. The fourth-order valence-corrected chi connectivity index (χ4v) is 1.91. The predicted molar refractivity (Wildman–Crippen MR) is 81.1 cm³/mol. The van der Waals surface area contributed by atoms with E-state index >= 15 is 0 Å². The van der Waals surface area contributed by atoms with Crippen LogP contribution in [-0.2, 0) is 14.3 Å². The maximum atomic E-state index is 11.4. The van der Waals surface area contributed by atoms with Crippen LogP contribution in [0.4, 0.5) is 0 Å². The Hall–Kier alpha value is -1.20. The predicted octanol–water partition coefficient (Wildman–Crippen LogP) is 2.57. The van der Waals surface area contributed by atoms with E-state index in [1.807, 2.05) is 13.8 Å². The van der Waals surface area contributed by atoms with Gasteiger partial charge < -0.3 is 14.9 Å². The van der Waals surface area contributed by atoms with Crippen LogP contribution in [0.3, 0.4) is 0 Å². The summed E-state index contributed by atoms with van der Waals surface area (Å²) in [5, 5.41) is 19.5. The van der Waals surface area contributed by atoms with Crippen LogP contribution in [0.15, 0.2) is 11.6 Å². The highest BCUT2D eigenvalue weighted by Gasteiger charge is 2.33. The van der Waals surface area contributed by atoms with Gasteiger partial charge in [0.05, 0.1) is 12.7 Å². The zero-order valence-corrected chi connectivity index (χ0v) is 13.7. The summed E-state index contributed by atoms with van der Waals surface area (Å²) < 4.78 is 5.39. The van der Waals surface area contributed by atoms with Crippen LogP contribution < -0.4 is 0 Å². The molecule has 5 nitrogen and oxygen atoms in total. The van der Waals surface area contributed by atoms with Gasteiger partial charge in [-0.2, -0.15) is 0 Å². The number of carboxylic acids is 1. The van der Waals surface area contributed by atoms with Gasteiger partial charge >= 0.3 is 5.97 Å². The van der Waals surface area contributed by atoms with Crippen LogP contribution in [0, 0.1) is 5.92 Å². The number of ether oxygens (including phenoxy) is 1. The number of ketones is 1. The molecule has 0 aromatic carbocycles. The largest absolute Gasteiger partial charge is 0.479 e. The number of hydrogen-bond acceptors (Lipinski definition) is 4. The lowest BCUT2D eigenvalue weighted by atomic mass is 9.92. The molecule has 122 valence electrons. The van der Waals surface area contributed by atoms with E-state index in [9.17, 15) is 19.8 Å². The highest BCUT2D eigenvalue weighted by molar-refractivity contribution is 5.80. The van der Waals surface area contributed by atoms with Gasteiger partial charge in [0.2, 0.25) is 0 Å². The summed E-state index contributed by atoms with van der Waals surface area (Å²) >= 11 is 0. The van der Waals surface area contributed by atoms with Crippen molar-refractivity contribution in [3.8, 4) is 0 Å². The van der Waals surface area contributed by atoms with Gasteiger partial charge in [0.1, 0.15) is 5.78 Å². The molecule has 0 fully saturated rings. The van der Waals surface area contributed by atoms with E-state index in [4.69, 9.17) is 4.74 Å². The number of aliphatic hydroxyl groups is 1. The third kappa shape index (κ3) is 6.40. The number of carboxylic acid groups (broad SMARTS) is 1. The molecule has 3 atom stereocenters. The maximum absolute atomic E-state index is 11.4. The molecule has 0 aliphatic heterocycles. The molecule has 0 rings (SSSR count). The quantitative estimate of drug-likeness (QED) is 0.606. The lowest BCUT2D eigenvalue weighted by molar-refractivity contribution is -0.158. The van der Waals surface area contributed by atoms with Crippen LogP contribution in [0.1, 0.15) is 53.9 Å². The first-order chi connectivity index (χ1) is 9.67. The number of hydrogen-bond donors (Lipinski definition) is 2. The van der Waals surface area contributed by atoms with Gasteiger partial charge in [-0.3, -0.25) is 4.79 Å². The second-order valence-corrected chi connectivity index (χ2v) is 5.62. The van der Waals surface area contributed by atoms with Gasteiger partial charge in [-0.25, -0.2) is 4.79 Å². The third-order valence-corrected chi connectivity index (χ3v) is 3.75. The minimum atomic E-state index is -1.54. The highest BCUT2D eigenvalue weighted by Crippen LogP contribution is 2.21. The molecule has 0 aromatic heterocycles. The second kappa shape index (κ2) is 8.95. The van der Waals surface area contributed by atoms with Gasteiger partial charge in [-0.05, 0) is 31.4 Å². The van der Waals surface area contributed by atoms with Gasteiger partial charge in [0.15, 0.2) is 5.60 Å². The lowest BCUT2D eigenvalue weighted by Gasteiger charge is -2.25. The normalized spacial score (nSPS) is 17.9. The molecule has 0 aliphatic rings. The Morgan fingerprint density at radius 2 is 1.90 bits per heavy atom. The summed E-state index contributed by atoms with van der Waals surface area (Å²) in [7, 11) is 0. The van der Waals surface area contributed by atoms with Crippen molar-refractivity contribution in [3.63, 3.8) is 0 Å². The standard InChI is InChI=1S/C16H28O5/c1-6-11(3)14(18)12(4)10-16(5,15(19)20)21-9-8-13(17)7-2/h10-11,14,18H,6-9H2,1-5H3,(H,19,20)/b12-10+. The molecule has 0 aliphatic carbocycles. The van der Waals surface area contributed by atoms with Crippen LogP contribution >= 0.6 is 0 Å². The van der Waals surface area contributed by atoms with E-state index in [0.29, 0.717) is 12.0 Å². The molecule has 0 radical (unpaired) electrons. The molecule has 0 amide bonds. The number of carbonyl (C=O) groups excluding carboxylic acids is 1. The molecule has 2 N–H and O–H groups in total. The Kier molecular flexibility index (Phi) is 8.44. The average molecular weight is 300 g/mol. The third-order valence-electron chi connectivity index (χ3n) is 3.75. The van der Waals surface area contributed by atoms with Crippen molar-refractivity contribution in [2.24, 2.45) is 5.92 Å². The van der Waals surface area contributed by atoms with Crippen molar-refractivity contribution < 1.29 is 24.5 Å². The summed E-state index contributed by atoms with van der Waals surface area (Å²) in [6, 6.07) is 0. The van der Waals surface area contributed by atoms with Gasteiger partial charge in [-0.15, -0.1) is 0 Å². The molecular formula is C16H28O5. The van der Waals surface area contributed by atoms with Crippen molar-refractivity contribution in [3.05, 3.63) is 11.6 Å². The van der Waals surface area contributed by atoms with Crippen molar-refractivity contribution in [2.45, 2.75) is 65.6 Å². The molecule has 5 heteroatoms. The number of aliphatic hydroxyl groups excluding tert-OH is 1. The first-order valence-corrected chi connectivity index (χ1v) is 7.44. The smallest absolute Gasteiger partial charge is 0.339 e. The zero-order chi connectivity index (χ0) is 16.6. The molecule has 0 bridgehead atoms. The van der Waals surface area contributed by atoms with Crippen LogP contribution in [-0.4, -0.2) is 40.3 Å². The zero-order valence-electron chi connectivity index (χ0n) is 13.7. The summed E-state index contributed by atoms with van der Waals surface area (Å²) in [6.07, 6.45) is 2.13. The van der Waals surface area contributed by atoms with Crippen molar-refractivity contribution in [1.29, 1.82) is 0 Å². The number of aliphatic carboxylic acids is 1. The maximum Gasteiger partial charge on any atom is 0.339 e. The molecule has 0 heterocycles. The Bertz CT molecular complexity index is 388. The van der Waals surface area contributed by atoms with Crippen molar-refractivity contribution in [2.75, 3.05) is 6.61 Å². The Balaban J connectivity index is 4.94. The van der Waals surface area contributed by atoms with Crippen molar-refractivity contribution in [1.82, 2.24) is 0 Å². The first-order valence-electron chi connectivity index (χ1n) is 7.44. The topological polar surface area (TPSA) is 83.8 Å². The van der Waals surface area contributed by atoms with Crippen molar-refractivity contribution >= 4 is 11.8 Å². The number of rotatable bonds is 10. The summed E-state index contributed by atoms with van der Waals surface area (Å²) in [6.45, 7) is 8.80. The minimum Gasteiger partial charge on any atom is -0.479 e. The second-order valence-electron chi connectivity index (χ2n) is 5.62. The first kappa shape index (κ1) is 19.8.